The summed E-state index contributed by atoms with van der Waals surface area (Å²) in [5.41, 5.74) is 1.06. The van der Waals surface area contributed by atoms with Crippen molar-refractivity contribution >= 4 is 28.5 Å². The summed E-state index contributed by atoms with van der Waals surface area (Å²) in [5, 5.41) is 2.16. The third kappa shape index (κ3) is 20.0. The van der Waals surface area contributed by atoms with Crippen molar-refractivity contribution in [2.75, 3.05) is 19.0 Å². The van der Waals surface area contributed by atoms with Crippen molar-refractivity contribution in [2.45, 2.75) is 132 Å². The first-order chi connectivity index (χ1) is 35.5. The molecule has 18 heteroatoms. The minimum atomic E-state index is -3.69. The van der Waals surface area contributed by atoms with Gasteiger partial charge in [0.2, 0.25) is 0 Å². The fourth-order valence-electron chi connectivity index (χ4n) is 9.96. The Morgan fingerprint density at radius 3 is 1.67 bits per heavy atom. The second kappa shape index (κ2) is 37.6. The Morgan fingerprint density at radius 2 is 1.13 bits per heavy atom. The van der Waals surface area contributed by atoms with E-state index in [-0.39, 0.29) is 73.7 Å². The molecule has 0 unspecified atom stereocenters. The molecule has 0 bridgehead atoms. The van der Waals surface area contributed by atoms with E-state index in [0.29, 0.717) is 32.0 Å². The smallest absolute Gasteiger partial charge is 0 e. The summed E-state index contributed by atoms with van der Waals surface area (Å²) in [6, 6.07) is 40.1. The molecule has 10 atom stereocenters. The van der Waals surface area contributed by atoms with Crippen molar-refractivity contribution in [1.82, 2.24) is 0 Å². The van der Waals surface area contributed by atoms with Crippen LogP contribution in [0.25, 0.3) is 0 Å². The molecule has 4 aromatic rings. The molecule has 0 aliphatic carbocycles. The van der Waals surface area contributed by atoms with E-state index in [0.717, 1.165) is 37.9 Å². The Morgan fingerprint density at radius 1 is 0.640 bits per heavy atom. The molecule has 2 radical (unpaired) electrons. The van der Waals surface area contributed by atoms with Crippen LogP contribution in [0.1, 0.15) is 71.8 Å². The van der Waals surface area contributed by atoms with Gasteiger partial charge in [0.15, 0.2) is 9.84 Å². The zero-order chi connectivity index (χ0) is 54.5. The predicted molar refractivity (Wildman–Crippen MR) is 265 cm³/mol. The van der Waals surface area contributed by atoms with Gasteiger partial charge in [-0.25, -0.2) is 8.42 Å². The first-order valence-corrected chi connectivity index (χ1v) is 27.0. The SMILES string of the molecule is C[C@@H]1C[C@@H]2O[C@@H]3[C@@H](CS(=O)(=O)c4ccccc4)C#C[C@@H](C[C@@H](CO[Si](c4ccccc4)(c4ccccc4)C(C)(C)C)OCc4ccccc4)O[C@H]3C[C@H]2O[C@H]2CCCO[C@@H]2C1.[C-]#[O+].[C-]#[O+].[C-]#[O+].[C-]#[O+].[C-]#[O+].[C-]#[O+].[Co].[Co]. The number of hydrogen-bond acceptors (Lipinski definition) is 8. The quantitative estimate of drug-likeness (QED) is 0.0560. The van der Waals surface area contributed by atoms with Crippen molar-refractivity contribution < 1.29 is 98.0 Å². The van der Waals surface area contributed by atoms with Gasteiger partial charge in [-0.1, -0.05) is 149 Å². The van der Waals surface area contributed by atoms with Gasteiger partial charge in [0.1, 0.15) is 6.10 Å². The van der Waals surface area contributed by atoms with Crippen LogP contribution in [-0.4, -0.2) is 84.5 Å². The monoisotopic (exact) mass is 1150 g/mol. The van der Waals surface area contributed by atoms with Gasteiger partial charge in [-0.15, -0.1) is 0 Å². The summed E-state index contributed by atoms with van der Waals surface area (Å²) >= 11 is 0. The van der Waals surface area contributed by atoms with Crippen molar-refractivity contribution in [3.8, 4) is 11.8 Å². The Bertz CT molecular complexity index is 2410. The zero-order valence-electron chi connectivity index (χ0n) is 42.2. The van der Waals surface area contributed by atoms with Gasteiger partial charge in [0, 0.05) is 53.0 Å². The van der Waals surface area contributed by atoms with E-state index >= 15 is 0 Å². The van der Waals surface area contributed by atoms with Crippen LogP contribution in [0.4, 0.5) is 0 Å². The first kappa shape index (κ1) is 70.8. The largest absolute Gasteiger partial charge is 0 e. The summed E-state index contributed by atoms with van der Waals surface area (Å²) in [5.74, 6) is 6.46. The number of benzene rings is 4. The molecule has 402 valence electrons. The Labute approximate surface area is 464 Å². The van der Waals surface area contributed by atoms with Crippen LogP contribution < -0.4 is 10.4 Å². The van der Waals surface area contributed by atoms with E-state index in [4.69, 9.17) is 56.0 Å². The van der Waals surface area contributed by atoms with Crippen molar-refractivity contribution in [3.63, 3.8) is 0 Å². The van der Waals surface area contributed by atoms with Gasteiger partial charge < -0.3 is 28.1 Å². The van der Waals surface area contributed by atoms with Gasteiger partial charge >= 0.3 is 67.8 Å². The van der Waals surface area contributed by atoms with Crippen LogP contribution in [-0.2, 0) is 106 Å². The second-order valence-electron chi connectivity index (χ2n) is 18.5. The number of hydrogen-bond donors (Lipinski definition) is 0. The molecule has 4 aliphatic heterocycles. The van der Waals surface area contributed by atoms with Gasteiger partial charge in [-0.05, 0) is 64.7 Å². The summed E-state index contributed by atoms with van der Waals surface area (Å²) in [7, 11) is -6.61. The number of rotatable bonds is 13. The minimum absolute atomic E-state index is 0. The first-order valence-electron chi connectivity index (χ1n) is 23.5. The van der Waals surface area contributed by atoms with Crippen LogP contribution in [0, 0.1) is 63.6 Å². The summed E-state index contributed by atoms with van der Waals surface area (Å²) in [6.07, 6.45) is 2.26. The van der Waals surface area contributed by atoms with Gasteiger partial charge in [-0.3, -0.25) is 0 Å². The van der Waals surface area contributed by atoms with E-state index in [1.54, 1.807) is 24.3 Å². The average Bonchev–Trinajstić information content (AvgIpc) is 3.59. The fraction of sp³-hybridized carbons (Fsp3) is 0.439. The molecule has 3 saturated heterocycles. The van der Waals surface area contributed by atoms with E-state index in [2.05, 4.69) is 152 Å². The summed E-state index contributed by atoms with van der Waals surface area (Å²) in [4.78, 5) is 0.282. The molecule has 0 amide bonds. The summed E-state index contributed by atoms with van der Waals surface area (Å²) in [6.45, 7) is 37.6. The molecule has 0 N–H and O–H groups in total. The Hall–Kier alpha value is -4.18. The molecule has 4 aromatic carbocycles. The number of fused-ring (bicyclic) bond motifs is 3. The van der Waals surface area contributed by atoms with E-state index in [1.165, 1.54) is 10.4 Å². The topological polar surface area (TPSA) is 209 Å². The molecule has 8 rings (SSSR count). The second-order valence-corrected chi connectivity index (χ2v) is 24.8. The predicted octanol–water partition coefficient (Wildman–Crippen LogP) is 7.69. The zero-order valence-corrected chi connectivity index (χ0v) is 46.1. The molecule has 75 heavy (non-hydrogen) atoms. The molecule has 0 aromatic heterocycles. The van der Waals surface area contributed by atoms with Crippen LogP contribution in [0.3, 0.4) is 0 Å². The molecule has 14 nitrogen and oxygen atoms in total. The molecular formula is C57H62Co2O14SSi. The molecule has 3 fully saturated rings. The third-order valence-electron chi connectivity index (χ3n) is 13.0. The van der Waals surface area contributed by atoms with E-state index in [1.807, 2.05) is 24.3 Å². The minimum Gasteiger partial charge on any atom is 0 e. The van der Waals surface area contributed by atoms with Crippen LogP contribution in [0.15, 0.2) is 126 Å². The fourth-order valence-corrected chi connectivity index (χ4v) is 16.1. The van der Waals surface area contributed by atoms with Gasteiger partial charge in [0.25, 0.3) is 8.32 Å². The Kier molecular flexibility index (Phi) is 35.5. The Balaban J connectivity index is 0.00000366. The maximum Gasteiger partial charge on any atom is 0 e. The van der Waals surface area contributed by atoms with Crippen molar-refractivity contribution in [3.05, 3.63) is 167 Å². The van der Waals surface area contributed by atoms with Gasteiger partial charge in [0.05, 0.1) is 72.5 Å². The van der Waals surface area contributed by atoms with Crippen molar-refractivity contribution in [1.29, 1.82) is 0 Å². The third-order valence-corrected chi connectivity index (χ3v) is 19.7. The van der Waals surface area contributed by atoms with Crippen LogP contribution in [0.2, 0.25) is 5.04 Å². The maximum absolute atomic E-state index is 14.0. The van der Waals surface area contributed by atoms with Gasteiger partial charge in [-0.2, -0.15) is 0 Å². The molecular weight excluding hydrogens is 1090 g/mol. The van der Waals surface area contributed by atoms with E-state index in [9.17, 15) is 8.42 Å². The van der Waals surface area contributed by atoms with Crippen LogP contribution in [0.5, 0.6) is 0 Å². The normalized spacial score (nSPS) is 23.4. The standard InChI is InChI=1S/C51H62O8SSi.6CO.2Co/c1-37-30-46-45(26-17-29-54-46)58-48-33-49-50(59-47(48)31-37)39(36-60(52,53)42-20-11-6-12-21-42)27-28-40(57-49)32-41(55-34-38-18-9-5-10-19-38)35-56-61(51(2,3)4,43-22-13-7-14-23-43)44-24-15-8-16-25-44;6*1-2;;/h5-16,18-25,37,39-41,45-50H,17,26,29-36H2,1-4H3;;;;;;;;/t37-,39+,40-,41-,45-,46+,47-,48+,49-,50+;;;;;;;;/m0......../s1. The van der Waals surface area contributed by atoms with E-state index < -0.39 is 48.5 Å². The molecule has 0 spiro atoms. The maximum atomic E-state index is 14.0. The molecule has 4 aliphatic rings. The van der Waals surface area contributed by atoms with Crippen molar-refractivity contribution in [2.24, 2.45) is 11.8 Å². The molecule has 4 heterocycles. The molecule has 0 saturated carbocycles. The average molecular weight is 1150 g/mol. The number of ether oxygens (including phenoxy) is 5. The van der Waals surface area contributed by atoms with Crippen LogP contribution >= 0.6 is 0 Å². The summed E-state index contributed by atoms with van der Waals surface area (Å²) < 4.78 is 115. The number of sulfone groups is 1.